The summed E-state index contributed by atoms with van der Waals surface area (Å²) in [5.41, 5.74) is 2.95. The van der Waals surface area contributed by atoms with Crippen molar-refractivity contribution in [1.29, 1.82) is 0 Å². The summed E-state index contributed by atoms with van der Waals surface area (Å²) in [6, 6.07) is 6.74. The number of nitrogens with one attached hydrogen (secondary N) is 1. The minimum absolute atomic E-state index is 0.198. The molecule has 1 unspecified atom stereocenters. The van der Waals surface area contributed by atoms with Crippen molar-refractivity contribution in [2.75, 3.05) is 13.6 Å². The van der Waals surface area contributed by atoms with E-state index in [4.69, 9.17) is 0 Å². The minimum Gasteiger partial charge on any atom is -0.319 e. The molecule has 1 rings (SSSR count). The lowest BCUT2D eigenvalue weighted by atomic mass is 9.85. The van der Waals surface area contributed by atoms with E-state index in [9.17, 15) is 0 Å². The molecule has 1 N–H and O–H groups in total. The van der Waals surface area contributed by atoms with Crippen LogP contribution in [0, 0.1) is 0 Å². The third-order valence-corrected chi connectivity index (χ3v) is 3.54. The van der Waals surface area contributed by atoms with Gasteiger partial charge in [-0.25, -0.2) is 0 Å². The van der Waals surface area contributed by atoms with E-state index < -0.39 is 0 Å². The number of hydrogen-bond acceptors (Lipinski definition) is 1. The molecule has 1 aromatic carbocycles. The van der Waals surface area contributed by atoms with Gasteiger partial charge in [0, 0.05) is 11.0 Å². The molecule has 0 amide bonds. The Balaban J connectivity index is 3.00. The zero-order valence-electron chi connectivity index (χ0n) is 10.9. The van der Waals surface area contributed by atoms with E-state index in [0.717, 1.165) is 6.54 Å². The van der Waals surface area contributed by atoms with E-state index in [1.165, 1.54) is 15.6 Å². The highest BCUT2D eigenvalue weighted by atomic mass is 79.9. The quantitative estimate of drug-likeness (QED) is 0.882. The third kappa shape index (κ3) is 3.33. The molecule has 90 valence electrons. The highest BCUT2D eigenvalue weighted by molar-refractivity contribution is 9.10. The van der Waals surface area contributed by atoms with Gasteiger partial charge >= 0.3 is 0 Å². The molecular weight excluding hydrogens is 262 g/mol. The van der Waals surface area contributed by atoms with Crippen LogP contribution in [0.3, 0.4) is 0 Å². The van der Waals surface area contributed by atoms with Crippen LogP contribution in [0.2, 0.25) is 0 Å². The summed E-state index contributed by atoms with van der Waals surface area (Å²) in [5, 5.41) is 3.21. The number of likely N-dealkylation sites (N-methyl/N-ethyl adjacent to an activating group) is 1. The normalized spacial score (nSPS) is 13.9. The average Bonchev–Trinajstić information content (AvgIpc) is 2.16. The number of rotatable bonds is 3. The molecule has 0 saturated heterocycles. The van der Waals surface area contributed by atoms with Gasteiger partial charge in [0.05, 0.1) is 0 Å². The Hall–Kier alpha value is -0.340. The predicted octanol–water partition coefficient (Wildman–Crippen LogP) is 4.07. The monoisotopic (exact) mass is 283 g/mol. The topological polar surface area (TPSA) is 12.0 Å². The van der Waals surface area contributed by atoms with Crippen LogP contribution >= 0.6 is 15.9 Å². The second-order valence-corrected chi connectivity index (χ2v) is 6.30. The van der Waals surface area contributed by atoms with Gasteiger partial charge in [0.1, 0.15) is 0 Å². The molecule has 0 aromatic heterocycles. The standard InChI is InChI=1S/C14H22BrN/c1-10(9-16-5)11-6-7-12(13(15)8-11)14(2,3)4/h6-8,10,16H,9H2,1-5H3. The highest BCUT2D eigenvalue weighted by Crippen LogP contribution is 2.31. The third-order valence-electron chi connectivity index (χ3n) is 2.88. The Morgan fingerprint density at radius 1 is 1.31 bits per heavy atom. The Morgan fingerprint density at radius 3 is 2.38 bits per heavy atom. The van der Waals surface area contributed by atoms with E-state index in [0.29, 0.717) is 5.92 Å². The van der Waals surface area contributed by atoms with Crippen LogP contribution < -0.4 is 5.32 Å². The number of hydrogen-bond donors (Lipinski definition) is 1. The van der Waals surface area contributed by atoms with Crippen LogP contribution in [-0.2, 0) is 5.41 Å². The number of halogens is 1. The van der Waals surface area contributed by atoms with Gasteiger partial charge in [-0.2, -0.15) is 0 Å². The summed E-state index contributed by atoms with van der Waals surface area (Å²) in [4.78, 5) is 0. The SMILES string of the molecule is CNCC(C)c1ccc(C(C)(C)C)c(Br)c1. The van der Waals surface area contributed by atoms with Gasteiger partial charge in [-0.1, -0.05) is 55.8 Å². The molecule has 0 saturated carbocycles. The summed E-state index contributed by atoms with van der Waals surface area (Å²) in [7, 11) is 2.00. The lowest BCUT2D eigenvalue weighted by Crippen LogP contribution is -2.16. The molecule has 0 aliphatic heterocycles. The minimum atomic E-state index is 0.198. The number of benzene rings is 1. The first kappa shape index (κ1) is 13.7. The molecule has 2 heteroatoms. The average molecular weight is 284 g/mol. The molecule has 1 atom stereocenters. The second-order valence-electron chi connectivity index (χ2n) is 5.45. The molecule has 16 heavy (non-hydrogen) atoms. The van der Waals surface area contributed by atoms with Gasteiger partial charge in [-0.15, -0.1) is 0 Å². The fraction of sp³-hybridized carbons (Fsp3) is 0.571. The van der Waals surface area contributed by atoms with Crippen LogP contribution in [0.4, 0.5) is 0 Å². The van der Waals surface area contributed by atoms with Gasteiger partial charge < -0.3 is 5.32 Å². The van der Waals surface area contributed by atoms with Gasteiger partial charge in [-0.3, -0.25) is 0 Å². The zero-order chi connectivity index (χ0) is 12.3. The van der Waals surface area contributed by atoms with Crippen molar-refractivity contribution < 1.29 is 0 Å². The van der Waals surface area contributed by atoms with Crippen molar-refractivity contribution in [2.45, 2.75) is 39.0 Å². The maximum absolute atomic E-state index is 3.68. The fourth-order valence-corrected chi connectivity index (χ4v) is 2.86. The van der Waals surface area contributed by atoms with E-state index >= 15 is 0 Å². The zero-order valence-corrected chi connectivity index (χ0v) is 12.5. The second kappa shape index (κ2) is 5.33. The largest absolute Gasteiger partial charge is 0.319 e. The lowest BCUT2D eigenvalue weighted by Gasteiger charge is -2.22. The van der Waals surface area contributed by atoms with Crippen molar-refractivity contribution in [3.05, 3.63) is 33.8 Å². The molecular formula is C14H22BrN. The Morgan fingerprint density at radius 2 is 1.94 bits per heavy atom. The van der Waals surface area contributed by atoms with Crippen LogP contribution in [0.1, 0.15) is 44.7 Å². The predicted molar refractivity (Wildman–Crippen MR) is 75.2 cm³/mol. The van der Waals surface area contributed by atoms with Gasteiger partial charge in [0.15, 0.2) is 0 Å². The van der Waals surface area contributed by atoms with Gasteiger partial charge in [0.2, 0.25) is 0 Å². The van der Waals surface area contributed by atoms with E-state index in [1.807, 2.05) is 7.05 Å². The van der Waals surface area contributed by atoms with Crippen molar-refractivity contribution in [1.82, 2.24) is 5.32 Å². The van der Waals surface area contributed by atoms with Crippen LogP contribution in [-0.4, -0.2) is 13.6 Å². The molecule has 0 heterocycles. The van der Waals surface area contributed by atoms with Crippen molar-refractivity contribution >= 4 is 15.9 Å². The summed E-state index contributed by atoms with van der Waals surface area (Å²) < 4.78 is 1.22. The molecule has 0 aliphatic rings. The first-order valence-electron chi connectivity index (χ1n) is 5.80. The van der Waals surface area contributed by atoms with E-state index in [2.05, 4.69) is 67.1 Å². The molecule has 0 bridgehead atoms. The summed E-state index contributed by atoms with van der Waals surface area (Å²) in [5.74, 6) is 0.551. The van der Waals surface area contributed by atoms with Gasteiger partial charge in [-0.05, 0) is 35.6 Å². The summed E-state index contributed by atoms with van der Waals surface area (Å²) in [6.45, 7) is 9.98. The van der Waals surface area contributed by atoms with Gasteiger partial charge in [0.25, 0.3) is 0 Å². The smallest absolute Gasteiger partial charge is 0.0215 e. The first-order valence-corrected chi connectivity index (χ1v) is 6.60. The maximum Gasteiger partial charge on any atom is 0.0215 e. The molecule has 0 fully saturated rings. The van der Waals surface area contributed by atoms with Crippen LogP contribution in [0.15, 0.2) is 22.7 Å². The molecule has 0 aliphatic carbocycles. The maximum atomic E-state index is 3.68. The highest BCUT2D eigenvalue weighted by Gasteiger charge is 2.17. The Kier molecular flexibility index (Phi) is 4.57. The fourth-order valence-electron chi connectivity index (χ4n) is 1.87. The molecule has 0 spiro atoms. The van der Waals surface area contributed by atoms with Crippen molar-refractivity contribution in [2.24, 2.45) is 0 Å². The van der Waals surface area contributed by atoms with E-state index in [1.54, 1.807) is 0 Å². The molecule has 0 radical (unpaired) electrons. The van der Waals surface area contributed by atoms with Crippen LogP contribution in [0.25, 0.3) is 0 Å². The lowest BCUT2D eigenvalue weighted by molar-refractivity contribution is 0.585. The van der Waals surface area contributed by atoms with E-state index in [-0.39, 0.29) is 5.41 Å². The van der Waals surface area contributed by atoms with Crippen molar-refractivity contribution in [3.63, 3.8) is 0 Å². The Bertz CT molecular complexity index is 352. The molecule has 1 nitrogen and oxygen atoms in total. The summed E-state index contributed by atoms with van der Waals surface area (Å²) >= 11 is 3.68. The molecule has 1 aromatic rings. The summed E-state index contributed by atoms with van der Waals surface area (Å²) in [6.07, 6.45) is 0. The van der Waals surface area contributed by atoms with Crippen molar-refractivity contribution in [3.8, 4) is 0 Å². The first-order chi connectivity index (χ1) is 7.36. The van der Waals surface area contributed by atoms with Crippen LogP contribution in [0.5, 0.6) is 0 Å². The Labute approximate surface area is 108 Å².